The van der Waals surface area contributed by atoms with E-state index in [0.717, 1.165) is 5.56 Å². The lowest BCUT2D eigenvalue weighted by atomic mass is 10.1. The lowest BCUT2D eigenvalue weighted by molar-refractivity contribution is 0.0514. The van der Waals surface area contributed by atoms with Crippen LogP contribution in [0.2, 0.25) is 0 Å². The second-order valence-electron chi connectivity index (χ2n) is 4.46. The number of rotatable bonds is 5. The zero-order valence-corrected chi connectivity index (χ0v) is 11.8. The van der Waals surface area contributed by atoms with Gasteiger partial charge in [-0.1, -0.05) is 17.3 Å². The summed E-state index contributed by atoms with van der Waals surface area (Å²) in [5.41, 5.74) is 0.908. The lowest BCUT2D eigenvalue weighted by Crippen LogP contribution is -2.06. The first kappa shape index (κ1) is 14.1. The highest BCUT2D eigenvalue weighted by Gasteiger charge is 2.17. The van der Waals surface area contributed by atoms with Crippen LogP contribution in [-0.2, 0) is 4.74 Å². The fraction of sp³-hybridized carbons (Fsp3) is 0.333. The molecule has 0 aliphatic rings. The predicted octanol–water partition coefficient (Wildman–Crippen LogP) is 3.31. The van der Waals surface area contributed by atoms with Gasteiger partial charge in [0.1, 0.15) is 5.75 Å². The molecule has 0 bridgehead atoms. The Labute approximate surface area is 117 Å². The number of para-hydroxylation sites is 1. The standard InChI is InChI=1S/C15H17NO4/c1-4-18-15(17)12-9-14(20-16-12)11-7-5-6-8-13(11)19-10(2)3/h5-10H,4H2,1-3H3. The Morgan fingerprint density at radius 1 is 1.35 bits per heavy atom. The van der Waals surface area contributed by atoms with Crippen LogP contribution in [0.25, 0.3) is 11.3 Å². The van der Waals surface area contributed by atoms with Crippen LogP contribution in [0, 0.1) is 0 Å². The largest absolute Gasteiger partial charge is 0.490 e. The smallest absolute Gasteiger partial charge is 0.360 e. The summed E-state index contributed by atoms with van der Waals surface area (Å²) < 4.78 is 15.8. The normalized spacial score (nSPS) is 10.6. The molecule has 1 heterocycles. The summed E-state index contributed by atoms with van der Waals surface area (Å²) >= 11 is 0. The molecule has 0 saturated carbocycles. The molecular weight excluding hydrogens is 258 g/mol. The van der Waals surface area contributed by atoms with E-state index in [0.29, 0.717) is 18.1 Å². The van der Waals surface area contributed by atoms with Crippen molar-refractivity contribution < 1.29 is 18.8 Å². The van der Waals surface area contributed by atoms with Crippen molar-refractivity contribution in [1.82, 2.24) is 5.16 Å². The van der Waals surface area contributed by atoms with Crippen LogP contribution in [-0.4, -0.2) is 23.8 Å². The van der Waals surface area contributed by atoms with Crippen LogP contribution in [0.3, 0.4) is 0 Å². The van der Waals surface area contributed by atoms with Crippen LogP contribution in [0.1, 0.15) is 31.3 Å². The van der Waals surface area contributed by atoms with Crippen molar-refractivity contribution in [1.29, 1.82) is 0 Å². The number of nitrogens with zero attached hydrogens (tertiary/aromatic N) is 1. The van der Waals surface area contributed by atoms with Crippen molar-refractivity contribution in [3.63, 3.8) is 0 Å². The average Bonchev–Trinajstić information content (AvgIpc) is 2.88. The Balaban J connectivity index is 2.30. The molecule has 1 aromatic carbocycles. The molecule has 1 aromatic heterocycles. The monoisotopic (exact) mass is 275 g/mol. The van der Waals surface area contributed by atoms with Crippen LogP contribution < -0.4 is 4.74 Å². The van der Waals surface area contributed by atoms with Crippen LogP contribution in [0.4, 0.5) is 0 Å². The third kappa shape index (κ3) is 3.17. The summed E-state index contributed by atoms with van der Waals surface area (Å²) in [5, 5.41) is 3.73. The molecule has 0 spiro atoms. The summed E-state index contributed by atoms with van der Waals surface area (Å²) in [5.74, 6) is 0.670. The minimum absolute atomic E-state index is 0.0450. The van der Waals surface area contributed by atoms with Gasteiger partial charge < -0.3 is 14.0 Å². The summed E-state index contributed by atoms with van der Waals surface area (Å²) in [6.07, 6.45) is 0.0450. The molecule has 5 nitrogen and oxygen atoms in total. The van der Waals surface area contributed by atoms with E-state index in [1.54, 1.807) is 13.0 Å². The van der Waals surface area contributed by atoms with Crippen molar-refractivity contribution in [3.05, 3.63) is 36.0 Å². The van der Waals surface area contributed by atoms with Crippen molar-refractivity contribution >= 4 is 5.97 Å². The topological polar surface area (TPSA) is 61.6 Å². The van der Waals surface area contributed by atoms with Gasteiger partial charge in [-0.2, -0.15) is 0 Å². The number of benzene rings is 1. The van der Waals surface area contributed by atoms with Crippen LogP contribution >= 0.6 is 0 Å². The van der Waals surface area contributed by atoms with Gasteiger partial charge in [0.2, 0.25) is 0 Å². The van der Waals surface area contributed by atoms with Gasteiger partial charge in [-0.3, -0.25) is 0 Å². The average molecular weight is 275 g/mol. The molecule has 20 heavy (non-hydrogen) atoms. The molecule has 0 radical (unpaired) electrons. The highest BCUT2D eigenvalue weighted by Crippen LogP contribution is 2.31. The van der Waals surface area contributed by atoms with E-state index < -0.39 is 5.97 Å². The molecule has 0 atom stereocenters. The third-order valence-electron chi connectivity index (χ3n) is 2.51. The van der Waals surface area contributed by atoms with Crippen molar-refractivity contribution in [3.8, 4) is 17.1 Å². The Hall–Kier alpha value is -2.30. The molecule has 0 N–H and O–H groups in total. The van der Waals surface area contributed by atoms with Gasteiger partial charge in [0.15, 0.2) is 11.5 Å². The lowest BCUT2D eigenvalue weighted by Gasteiger charge is -2.12. The maximum Gasteiger partial charge on any atom is 0.360 e. The molecule has 0 unspecified atom stereocenters. The van der Waals surface area contributed by atoms with E-state index in [4.69, 9.17) is 14.0 Å². The zero-order chi connectivity index (χ0) is 14.5. The van der Waals surface area contributed by atoms with Gasteiger partial charge in [0.25, 0.3) is 0 Å². The molecule has 5 heteroatoms. The van der Waals surface area contributed by atoms with Gasteiger partial charge in [-0.25, -0.2) is 4.79 Å². The van der Waals surface area contributed by atoms with E-state index in [9.17, 15) is 4.79 Å². The van der Waals surface area contributed by atoms with E-state index in [1.807, 2.05) is 38.1 Å². The summed E-state index contributed by atoms with van der Waals surface area (Å²) in [6.45, 7) is 5.93. The Morgan fingerprint density at radius 2 is 2.10 bits per heavy atom. The molecule has 2 aromatic rings. The maximum absolute atomic E-state index is 11.6. The van der Waals surface area contributed by atoms with Crippen molar-refractivity contribution in [2.24, 2.45) is 0 Å². The second kappa shape index (κ2) is 6.23. The minimum Gasteiger partial charge on any atom is -0.490 e. The molecule has 2 rings (SSSR count). The quantitative estimate of drug-likeness (QED) is 0.783. The molecule has 106 valence electrons. The molecule has 0 aliphatic carbocycles. The predicted molar refractivity (Wildman–Crippen MR) is 73.7 cm³/mol. The van der Waals surface area contributed by atoms with E-state index in [1.165, 1.54) is 0 Å². The SMILES string of the molecule is CCOC(=O)c1cc(-c2ccccc2OC(C)C)on1. The zero-order valence-electron chi connectivity index (χ0n) is 11.8. The van der Waals surface area contributed by atoms with Gasteiger partial charge in [0.05, 0.1) is 18.3 Å². The van der Waals surface area contributed by atoms with E-state index in [-0.39, 0.29) is 11.8 Å². The van der Waals surface area contributed by atoms with E-state index in [2.05, 4.69) is 5.16 Å². The molecule has 0 saturated heterocycles. The number of esters is 1. The van der Waals surface area contributed by atoms with Crippen LogP contribution in [0.15, 0.2) is 34.9 Å². The number of ether oxygens (including phenoxy) is 2. The summed E-state index contributed by atoms with van der Waals surface area (Å²) in [7, 11) is 0. The van der Waals surface area contributed by atoms with Gasteiger partial charge in [0, 0.05) is 6.07 Å². The van der Waals surface area contributed by atoms with E-state index >= 15 is 0 Å². The Bertz CT molecular complexity index is 589. The Morgan fingerprint density at radius 3 is 2.80 bits per heavy atom. The first-order valence-corrected chi connectivity index (χ1v) is 6.51. The Kier molecular flexibility index (Phi) is 4.40. The number of hydrogen-bond acceptors (Lipinski definition) is 5. The second-order valence-corrected chi connectivity index (χ2v) is 4.46. The number of carbonyl (C=O) groups excluding carboxylic acids is 1. The molecule has 0 fully saturated rings. The fourth-order valence-corrected chi connectivity index (χ4v) is 1.73. The summed E-state index contributed by atoms with van der Waals surface area (Å²) in [6, 6.07) is 9.01. The fourth-order valence-electron chi connectivity index (χ4n) is 1.73. The first-order valence-electron chi connectivity index (χ1n) is 6.51. The van der Waals surface area contributed by atoms with Gasteiger partial charge >= 0.3 is 5.97 Å². The van der Waals surface area contributed by atoms with Crippen LogP contribution in [0.5, 0.6) is 5.75 Å². The number of hydrogen-bond donors (Lipinski definition) is 0. The third-order valence-corrected chi connectivity index (χ3v) is 2.51. The maximum atomic E-state index is 11.6. The number of aromatic nitrogens is 1. The van der Waals surface area contributed by atoms with Crippen molar-refractivity contribution in [2.75, 3.05) is 6.61 Å². The number of carbonyl (C=O) groups is 1. The molecule has 0 amide bonds. The minimum atomic E-state index is -0.496. The summed E-state index contributed by atoms with van der Waals surface area (Å²) in [4.78, 5) is 11.6. The van der Waals surface area contributed by atoms with Crippen molar-refractivity contribution in [2.45, 2.75) is 26.9 Å². The first-order chi connectivity index (χ1) is 9.61. The molecule has 0 aliphatic heterocycles. The van der Waals surface area contributed by atoms with Gasteiger partial charge in [-0.05, 0) is 32.9 Å². The highest BCUT2D eigenvalue weighted by molar-refractivity contribution is 5.88. The molecular formula is C15H17NO4. The van der Waals surface area contributed by atoms with Gasteiger partial charge in [-0.15, -0.1) is 0 Å². The highest BCUT2D eigenvalue weighted by atomic mass is 16.5.